The highest BCUT2D eigenvalue weighted by molar-refractivity contribution is 7.89. The third-order valence-electron chi connectivity index (χ3n) is 5.64. The molecule has 0 radical (unpaired) electrons. The van der Waals surface area contributed by atoms with E-state index in [9.17, 15) is 8.42 Å². The summed E-state index contributed by atoms with van der Waals surface area (Å²) in [4.78, 5) is 6.98. The molecule has 0 unspecified atom stereocenters. The third-order valence-corrected chi connectivity index (χ3v) is 8.46. The molecule has 9 nitrogen and oxygen atoms in total. The summed E-state index contributed by atoms with van der Waals surface area (Å²) in [5.41, 5.74) is 1.71. The Hall–Kier alpha value is -3.02. The highest BCUT2D eigenvalue weighted by atomic mass is 32.2. The van der Waals surface area contributed by atoms with Crippen LogP contribution in [0.3, 0.4) is 0 Å². The van der Waals surface area contributed by atoms with E-state index in [1.54, 1.807) is 26.4 Å². The second kappa shape index (κ2) is 10.1. The molecule has 2 heterocycles. The Labute approximate surface area is 203 Å². The van der Waals surface area contributed by atoms with Gasteiger partial charge in [0.25, 0.3) is 0 Å². The minimum atomic E-state index is -3.74. The molecule has 0 bridgehead atoms. The molecule has 1 aromatic heterocycles. The Balaban J connectivity index is 1.50. The van der Waals surface area contributed by atoms with Crippen LogP contribution in [0.1, 0.15) is 0 Å². The largest absolute Gasteiger partial charge is 0.497 e. The molecule has 0 saturated carbocycles. The number of anilines is 1. The highest BCUT2D eigenvalue weighted by Crippen LogP contribution is 2.34. The van der Waals surface area contributed by atoms with Gasteiger partial charge in [0.2, 0.25) is 10.0 Å². The van der Waals surface area contributed by atoms with Crippen LogP contribution in [0.5, 0.6) is 23.0 Å². The van der Waals surface area contributed by atoms with Crippen molar-refractivity contribution in [3.8, 4) is 34.3 Å². The van der Waals surface area contributed by atoms with Crippen LogP contribution in [0.25, 0.3) is 11.3 Å². The average molecular weight is 506 g/mol. The van der Waals surface area contributed by atoms with Gasteiger partial charge in [0, 0.05) is 49.3 Å². The van der Waals surface area contributed by atoms with Crippen LogP contribution in [0, 0.1) is 0 Å². The number of aromatic nitrogens is 1. The molecule has 1 aliphatic rings. The van der Waals surface area contributed by atoms with E-state index < -0.39 is 10.0 Å². The summed E-state index contributed by atoms with van der Waals surface area (Å²) in [7, 11) is 2.44. The van der Waals surface area contributed by atoms with Crippen molar-refractivity contribution in [2.45, 2.75) is 4.90 Å². The van der Waals surface area contributed by atoms with Gasteiger partial charge in [0.15, 0.2) is 5.13 Å². The molecule has 4 rings (SSSR count). The number of nitrogens with zero attached hydrogens (tertiary/aromatic N) is 3. The van der Waals surface area contributed by atoms with Crippen molar-refractivity contribution < 1.29 is 27.4 Å². The molecule has 0 aliphatic carbocycles. The van der Waals surface area contributed by atoms with Gasteiger partial charge in [-0.25, -0.2) is 13.4 Å². The van der Waals surface area contributed by atoms with E-state index in [4.69, 9.17) is 23.9 Å². The first-order valence-electron chi connectivity index (χ1n) is 10.6. The second-order valence-electron chi connectivity index (χ2n) is 7.52. The molecule has 34 heavy (non-hydrogen) atoms. The zero-order valence-electron chi connectivity index (χ0n) is 19.5. The van der Waals surface area contributed by atoms with Crippen molar-refractivity contribution >= 4 is 26.5 Å². The van der Waals surface area contributed by atoms with Gasteiger partial charge in [-0.15, -0.1) is 11.3 Å². The van der Waals surface area contributed by atoms with Gasteiger partial charge in [-0.3, -0.25) is 0 Å². The van der Waals surface area contributed by atoms with E-state index in [0.29, 0.717) is 49.2 Å². The van der Waals surface area contributed by atoms with Crippen molar-refractivity contribution in [2.75, 3.05) is 59.5 Å². The number of thiazole rings is 1. The van der Waals surface area contributed by atoms with Crippen LogP contribution >= 0.6 is 11.3 Å². The van der Waals surface area contributed by atoms with Crippen LogP contribution in [-0.2, 0) is 10.0 Å². The van der Waals surface area contributed by atoms with Crippen LogP contribution in [-0.4, -0.2) is 72.3 Å². The Morgan fingerprint density at radius 1 is 0.824 bits per heavy atom. The van der Waals surface area contributed by atoms with Crippen LogP contribution < -0.4 is 23.8 Å². The fourth-order valence-corrected chi connectivity index (χ4v) is 6.22. The first-order chi connectivity index (χ1) is 16.4. The van der Waals surface area contributed by atoms with E-state index in [1.165, 1.54) is 35.9 Å². The summed E-state index contributed by atoms with van der Waals surface area (Å²) in [5.74, 6) is 2.13. The molecule has 2 aromatic carbocycles. The second-order valence-corrected chi connectivity index (χ2v) is 10.3. The van der Waals surface area contributed by atoms with Gasteiger partial charge in [0.05, 0.1) is 34.1 Å². The number of benzene rings is 2. The summed E-state index contributed by atoms with van der Waals surface area (Å²) in [6.07, 6.45) is 0. The predicted octanol–water partition coefficient (Wildman–Crippen LogP) is 3.36. The summed E-state index contributed by atoms with van der Waals surface area (Å²) in [6.45, 7) is 1.73. The standard InChI is InChI=1S/C23H27N3O6S2/c1-29-17-5-6-21(32-4)22(14-17)34(27,28)26-9-7-25(8-10-26)23-24-20(15-33-23)16-11-18(30-2)13-19(12-16)31-3/h5-6,11-15H,7-10H2,1-4H3. The molecule has 0 N–H and O–H groups in total. The smallest absolute Gasteiger partial charge is 0.247 e. The lowest BCUT2D eigenvalue weighted by Crippen LogP contribution is -2.48. The fourth-order valence-electron chi connectivity index (χ4n) is 3.74. The lowest BCUT2D eigenvalue weighted by atomic mass is 10.1. The molecule has 0 atom stereocenters. The number of ether oxygens (including phenoxy) is 4. The molecule has 11 heteroatoms. The van der Waals surface area contributed by atoms with E-state index >= 15 is 0 Å². The van der Waals surface area contributed by atoms with E-state index in [2.05, 4.69) is 4.90 Å². The van der Waals surface area contributed by atoms with Gasteiger partial charge in [-0.05, 0) is 24.3 Å². The predicted molar refractivity (Wildman–Crippen MR) is 131 cm³/mol. The third kappa shape index (κ3) is 4.77. The van der Waals surface area contributed by atoms with Gasteiger partial charge in [-0.2, -0.15) is 4.31 Å². The maximum atomic E-state index is 13.3. The summed E-state index contributed by atoms with van der Waals surface area (Å²) < 4.78 is 49.3. The minimum absolute atomic E-state index is 0.103. The van der Waals surface area contributed by atoms with Crippen molar-refractivity contribution in [1.29, 1.82) is 0 Å². The van der Waals surface area contributed by atoms with Gasteiger partial charge in [-0.1, -0.05) is 0 Å². The Morgan fingerprint density at radius 2 is 1.47 bits per heavy atom. The molecular formula is C23H27N3O6S2. The Morgan fingerprint density at radius 3 is 2.06 bits per heavy atom. The number of rotatable bonds is 8. The minimum Gasteiger partial charge on any atom is -0.497 e. The zero-order valence-corrected chi connectivity index (χ0v) is 21.1. The quantitative estimate of drug-likeness (QED) is 0.460. The van der Waals surface area contributed by atoms with Gasteiger partial charge in [0.1, 0.15) is 27.9 Å². The first kappa shape index (κ1) is 24.1. The molecule has 1 fully saturated rings. The summed E-state index contributed by atoms with van der Waals surface area (Å²) >= 11 is 1.52. The van der Waals surface area contributed by atoms with Gasteiger partial charge >= 0.3 is 0 Å². The van der Waals surface area contributed by atoms with Crippen LogP contribution in [0.15, 0.2) is 46.7 Å². The lowest BCUT2D eigenvalue weighted by molar-refractivity contribution is 0.370. The first-order valence-corrected chi connectivity index (χ1v) is 12.9. The maximum absolute atomic E-state index is 13.3. The van der Waals surface area contributed by atoms with Crippen molar-refractivity contribution in [2.24, 2.45) is 0 Å². The van der Waals surface area contributed by atoms with E-state index in [0.717, 1.165) is 16.4 Å². The number of sulfonamides is 1. The summed E-state index contributed by atoms with van der Waals surface area (Å²) in [6, 6.07) is 10.4. The fraction of sp³-hybridized carbons (Fsp3) is 0.348. The van der Waals surface area contributed by atoms with Crippen LogP contribution in [0.2, 0.25) is 0 Å². The number of hydrogen-bond donors (Lipinski definition) is 0. The number of piperazine rings is 1. The SMILES string of the molecule is COc1cc(OC)cc(-c2csc(N3CCN(S(=O)(=O)c4cc(OC)ccc4OC)CC3)n2)c1. The van der Waals surface area contributed by atoms with Crippen molar-refractivity contribution in [3.05, 3.63) is 41.8 Å². The zero-order chi connectivity index (χ0) is 24.3. The topological polar surface area (TPSA) is 90.4 Å². The molecule has 0 amide bonds. The molecule has 0 spiro atoms. The number of methoxy groups -OCH3 is 4. The van der Waals surface area contributed by atoms with E-state index in [-0.39, 0.29) is 4.90 Å². The lowest BCUT2D eigenvalue weighted by Gasteiger charge is -2.34. The normalized spacial score (nSPS) is 14.6. The van der Waals surface area contributed by atoms with Crippen molar-refractivity contribution in [3.63, 3.8) is 0 Å². The monoisotopic (exact) mass is 505 g/mol. The Bertz CT molecular complexity index is 1230. The molecule has 182 valence electrons. The molecule has 1 aliphatic heterocycles. The maximum Gasteiger partial charge on any atom is 0.247 e. The molecule has 3 aromatic rings. The van der Waals surface area contributed by atoms with E-state index in [1.807, 2.05) is 23.6 Å². The number of hydrogen-bond acceptors (Lipinski definition) is 9. The highest BCUT2D eigenvalue weighted by Gasteiger charge is 2.32. The van der Waals surface area contributed by atoms with Crippen LogP contribution in [0.4, 0.5) is 5.13 Å². The molecular weight excluding hydrogens is 478 g/mol. The summed E-state index contributed by atoms with van der Waals surface area (Å²) in [5, 5.41) is 2.82. The average Bonchev–Trinajstić information content (AvgIpc) is 3.38. The van der Waals surface area contributed by atoms with Gasteiger partial charge < -0.3 is 23.8 Å². The molecule has 1 saturated heterocycles. The van der Waals surface area contributed by atoms with Crippen molar-refractivity contribution in [1.82, 2.24) is 9.29 Å². The Kier molecular flexibility index (Phi) is 7.15.